The normalized spacial score (nSPS) is 29.6. The van der Waals surface area contributed by atoms with Crippen LogP contribution >= 0.6 is 11.6 Å². The number of carbonyl (C=O) groups is 1. The number of nitrogens with one attached hydrogen (secondary N) is 2. The number of amides is 1. The highest BCUT2D eigenvalue weighted by atomic mass is 35.5. The maximum absolute atomic E-state index is 12.8. The number of hydrogen-bond donors (Lipinski definition) is 3. The maximum atomic E-state index is 12.8. The van der Waals surface area contributed by atoms with Gasteiger partial charge in [0.25, 0.3) is 5.91 Å². The van der Waals surface area contributed by atoms with E-state index in [1.54, 1.807) is 14.0 Å². The Morgan fingerprint density at radius 3 is 2.75 bits per heavy atom. The highest BCUT2D eigenvalue weighted by Crippen LogP contribution is 2.38. The molecule has 7 nitrogen and oxygen atoms in total. The number of aliphatic hydroxyl groups is 1. The minimum absolute atomic E-state index is 0.217. The summed E-state index contributed by atoms with van der Waals surface area (Å²) in [6, 6.07) is 0. The Hall–Kier alpha value is -1.15. The largest absolute Gasteiger partial charge is 0.388 e. The van der Waals surface area contributed by atoms with Gasteiger partial charge in [-0.25, -0.2) is 0 Å². The molecular formula is C16H25ClN4O3. The molecule has 1 spiro atoms. The highest BCUT2D eigenvalue weighted by molar-refractivity contribution is 6.34. The van der Waals surface area contributed by atoms with Crippen LogP contribution in [0.4, 0.5) is 0 Å². The van der Waals surface area contributed by atoms with Crippen molar-refractivity contribution in [2.45, 2.75) is 50.4 Å². The van der Waals surface area contributed by atoms with Crippen LogP contribution in [0.5, 0.6) is 0 Å². The van der Waals surface area contributed by atoms with Gasteiger partial charge in [0.15, 0.2) is 0 Å². The number of aromatic nitrogens is 2. The van der Waals surface area contributed by atoms with Crippen molar-refractivity contribution in [1.82, 2.24) is 20.4 Å². The highest BCUT2D eigenvalue weighted by Gasteiger charge is 2.49. The van der Waals surface area contributed by atoms with Gasteiger partial charge < -0.3 is 20.5 Å². The zero-order valence-corrected chi connectivity index (χ0v) is 15.1. The number of halogens is 1. The minimum Gasteiger partial charge on any atom is -0.388 e. The van der Waals surface area contributed by atoms with E-state index in [4.69, 9.17) is 16.3 Å². The van der Waals surface area contributed by atoms with Crippen molar-refractivity contribution in [3.05, 3.63) is 16.4 Å². The first-order chi connectivity index (χ1) is 11.3. The number of piperidine rings is 1. The van der Waals surface area contributed by atoms with Gasteiger partial charge in [-0.05, 0) is 39.8 Å². The Morgan fingerprint density at radius 1 is 1.50 bits per heavy atom. The van der Waals surface area contributed by atoms with Crippen molar-refractivity contribution < 1.29 is 14.6 Å². The van der Waals surface area contributed by atoms with E-state index in [1.807, 2.05) is 6.92 Å². The summed E-state index contributed by atoms with van der Waals surface area (Å²) in [5, 5.41) is 21.3. The molecule has 0 unspecified atom stereocenters. The van der Waals surface area contributed by atoms with Crippen molar-refractivity contribution in [2.24, 2.45) is 7.05 Å². The van der Waals surface area contributed by atoms with Crippen LogP contribution in [0.25, 0.3) is 0 Å². The van der Waals surface area contributed by atoms with E-state index in [0.29, 0.717) is 22.8 Å². The van der Waals surface area contributed by atoms with Crippen molar-refractivity contribution in [3.8, 4) is 0 Å². The molecule has 1 aromatic heterocycles. The predicted molar refractivity (Wildman–Crippen MR) is 90.2 cm³/mol. The van der Waals surface area contributed by atoms with Gasteiger partial charge in [0.05, 0.1) is 28.5 Å². The summed E-state index contributed by atoms with van der Waals surface area (Å²) in [4.78, 5) is 12.8. The molecule has 1 amide bonds. The molecule has 134 valence electrons. The number of hydrogen-bond acceptors (Lipinski definition) is 5. The van der Waals surface area contributed by atoms with E-state index in [0.717, 1.165) is 25.9 Å². The lowest BCUT2D eigenvalue weighted by atomic mass is 9.75. The molecule has 3 heterocycles. The standard InChI is InChI=1S/C16H25ClN4O3/c1-10-12(17)13(21(3)20-10)14(23)19-15(2)9-16(24-8-11(15)22)4-6-18-7-5-16/h11,18,22H,4-9H2,1-3H3,(H,19,23)/t11-,15-/m0/s1. The van der Waals surface area contributed by atoms with Gasteiger partial charge in [-0.1, -0.05) is 11.6 Å². The van der Waals surface area contributed by atoms with Crippen LogP contribution < -0.4 is 10.6 Å². The van der Waals surface area contributed by atoms with Crippen LogP contribution in [0, 0.1) is 6.92 Å². The zero-order valence-electron chi connectivity index (χ0n) is 14.4. The van der Waals surface area contributed by atoms with E-state index >= 15 is 0 Å². The fourth-order valence-electron chi connectivity index (χ4n) is 3.81. The number of aliphatic hydroxyl groups excluding tert-OH is 1. The number of aryl methyl sites for hydroxylation is 2. The van der Waals surface area contributed by atoms with E-state index in [9.17, 15) is 9.90 Å². The topological polar surface area (TPSA) is 88.4 Å². The van der Waals surface area contributed by atoms with E-state index in [1.165, 1.54) is 4.68 Å². The summed E-state index contributed by atoms with van der Waals surface area (Å²) in [5.41, 5.74) is -0.141. The summed E-state index contributed by atoms with van der Waals surface area (Å²) in [6.45, 7) is 5.61. The third kappa shape index (κ3) is 3.06. The number of ether oxygens (including phenoxy) is 1. The molecule has 0 radical (unpaired) electrons. The van der Waals surface area contributed by atoms with Crippen LogP contribution in [-0.2, 0) is 11.8 Å². The van der Waals surface area contributed by atoms with Gasteiger partial charge in [-0.3, -0.25) is 9.48 Å². The van der Waals surface area contributed by atoms with Gasteiger partial charge in [0, 0.05) is 13.5 Å². The van der Waals surface area contributed by atoms with E-state index < -0.39 is 11.6 Å². The first-order valence-corrected chi connectivity index (χ1v) is 8.68. The van der Waals surface area contributed by atoms with Crippen molar-refractivity contribution in [3.63, 3.8) is 0 Å². The van der Waals surface area contributed by atoms with Gasteiger partial charge in [-0.2, -0.15) is 5.10 Å². The second-order valence-corrected chi connectivity index (χ2v) is 7.56. The minimum atomic E-state index is -0.770. The monoisotopic (exact) mass is 356 g/mol. The first kappa shape index (κ1) is 17.7. The zero-order chi connectivity index (χ0) is 17.5. The van der Waals surface area contributed by atoms with Gasteiger partial charge in [0.2, 0.25) is 0 Å². The van der Waals surface area contributed by atoms with Crippen molar-refractivity contribution in [2.75, 3.05) is 19.7 Å². The fourth-order valence-corrected chi connectivity index (χ4v) is 4.05. The van der Waals surface area contributed by atoms with Crippen LogP contribution in [-0.4, -0.2) is 57.7 Å². The average molecular weight is 357 g/mol. The summed E-state index contributed by atoms with van der Waals surface area (Å²) >= 11 is 6.21. The van der Waals surface area contributed by atoms with E-state index in [-0.39, 0.29) is 18.1 Å². The summed E-state index contributed by atoms with van der Waals surface area (Å²) in [5.74, 6) is -0.323. The number of rotatable bonds is 2. The van der Waals surface area contributed by atoms with Crippen LogP contribution in [0.3, 0.4) is 0 Å². The summed E-state index contributed by atoms with van der Waals surface area (Å²) in [6.07, 6.45) is 1.55. The van der Waals surface area contributed by atoms with Gasteiger partial charge in [-0.15, -0.1) is 0 Å². The molecule has 24 heavy (non-hydrogen) atoms. The first-order valence-electron chi connectivity index (χ1n) is 8.31. The van der Waals surface area contributed by atoms with Crippen LogP contribution in [0.2, 0.25) is 5.02 Å². The van der Waals surface area contributed by atoms with E-state index in [2.05, 4.69) is 15.7 Å². The van der Waals surface area contributed by atoms with Crippen molar-refractivity contribution in [1.29, 1.82) is 0 Å². The Balaban J connectivity index is 1.82. The Kier molecular flexibility index (Phi) is 4.63. The third-order valence-electron chi connectivity index (χ3n) is 5.25. The third-order valence-corrected chi connectivity index (χ3v) is 5.70. The van der Waals surface area contributed by atoms with Crippen molar-refractivity contribution >= 4 is 17.5 Å². The second kappa shape index (κ2) is 6.29. The fraction of sp³-hybridized carbons (Fsp3) is 0.750. The SMILES string of the molecule is Cc1nn(C)c(C(=O)N[C@@]2(C)CC3(CCNCC3)OC[C@@H]2O)c1Cl. The number of nitrogens with zero attached hydrogens (tertiary/aromatic N) is 2. The second-order valence-electron chi connectivity index (χ2n) is 7.18. The van der Waals surface area contributed by atoms with Crippen LogP contribution in [0.1, 0.15) is 42.4 Å². The number of carbonyl (C=O) groups excluding carboxylic acids is 1. The Bertz CT molecular complexity index is 642. The van der Waals surface area contributed by atoms with Gasteiger partial charge in [0.1, 0.15) is 11.8 Å². The molecule has 2 saturated heterocycles. The summed E-state index contributed by atoms with van der Waals surface area (Å²) < 4.78 is 7.44. The molecule has 0 saturated carbocycles. The average Bonchev–Trinajstić information content (AvgIpc) is 2.77. The molecule has 0 bridgehead atoms. The molecule has 2 aliphatic heterocycles. The quantitative estimate of drug-likeness (QED) is 0.728. The Morgan fingerprint density at radius 2 is 2.17 bits per heavy atom. The molecular weight excluding hydrogens is 332 g/mol. The Labute approximate surface area is 146 Å². The lowest BCUT2D eigenvalue weighted by Gasteiger charge is -2.50. The molecule has 8 heteroatoms. The predicted octanol–water partition coefficient (Wildman–Crippen LogP) is 0.774. The summed E-state index contributed by atoms with van der Waals surface area (Å²) in [7, 11) is 1.69. The van der Waals surface area contributed by atoms with Crippen LogP contribution in [0.15, 0.2) is 0 Å². The lowest BCUT2D eigenvalue weighted by Crippen LogP contribution is -2.65. The molecule has 0 aliphatic carbocycles. The lowest BCUT2D eigenvalue weighted by molar-refractivity contribution is -0.169. The molecule has 2 atom stereocenters. The molecule has 2 aliphatic rings. The van der Waals surface area contributed by atoms with Gasteiger partial charge >= 0.3 is 0 Å². The molecule has 0 aromatic carbocycles. The molecule has 1 aromatic rings. The molecule has 2 fully saturated rings. The maximum Gasteiger partial charge on any atom is 0.271 e. The molecule has 3 N–H and O–H groups in total. The smallest absolute Gasteiger partial charge is 0.271 e. The molecule has 3 rings (SSSR count).